The zero-order valence-corrected chi connectivity index (χ0v) is 15.1. The van der Waals surface area contributed by atoms with E-state index in [1.165, 1.54) is 0 Å². The quantitative estimate of drug-likeness (QED) is 0.681. The van der Waals surface area contributed by atoms with Crippen LogP contribution in [0.4, 0.5) is 11.4 Å². The van der Waals surface area contributed by atoms with E-state index in [1.807, 2.05) is 57.2 Å². The lowest BCUT2D eigenvalue weighted by atomic mass is 10.1. The van der Waals surface area contributed by atoms with Gasteiger partial charge in [0.15, 0.2) is 0 Å². The minimum absolute atomic E-state index is 0.123. The standard InChI is InChI=1S/C20H26N2O3/c1-4-24-11-12-25-19-8-6-5-7-17(19)22-20(23)14-21-18-13-15(2)9-10-16(18)3/h5-10,13,21H,4,11-12,14H2,1-3H3,(H,22,23). The predicted molar refractivity (Wildman–Crippen MR) is 101 cm³/mol. The van der Waals surface area contributed by atoms with Gasteiger partial charge in [0.25, 0.3) is 0 Å². The lowest BCUT2D eigenvalue weighted by Gasteiger charge is -2.14. The number of anilines is 2. The highest BCUT2D eigenvalue weighted by molar-refractivity contribution is 5.95. The number of rotatable bonds is 9. The highest BCUT2D eigenvalue weighted by atomic mass is 16.5. The molecule has 1 amide bonds. The largest absolute Gasteiger partial charge is 0.489 e. The normalized spacial score (nSPS) is 10.4. The Labute approximate surface area is 149 Å². The Morgan fingerprint density at radius 3 is 2.64 bits per heavy atom. The van der Waals surface area contributed by atoms with Crippen LogP contribution in [0.25, 0.3) is 0 Å². The zero-order valence-electron chi connectivity index (χ0n) is 15.1. The molecule has 2 rings (SSSR count). The van der Waals surface area contributed by atoms with Gasteiger partial charge in [0.05, 0.1) is 18.8 Å². The molecule has 0 heterocycles. The van der Waals surface area contributed by atoms with E-state index in [1.54, 1.807) is 0 Å². The molecular weight excluding hydrogens is 316 g/mol. The van der Waals surface area contributed by atoms with Crippen molar-refractivity contribution in [2.75, 3.05) is 37.0 Å². The molecule has 2 aromatic rings. The topological polar surface area (TPSA) is 59.6 Å². The molecule has 0 radical (unpaired) electrons. The second kappa shape index (κ2) is 9.69. The maximum atomic E-state index is 12.3. The number of carbonyl (C=O) groups excluding carboxylic acids is 1. The van der Waals surface area contributed by atoms with Crippen molar-refractivity contribution in [3.63, 3.8) is 0 Å². The van der Waals surface area contributed by atoms with Crippen molar-refractivity contribution in [1.29, 1.82) is 0 Å². The number of benzene rings is 2. The highest BCUT2D eigenvalue weighted by Crippen LogP contribution is 2.23. The van der Waals surface area contributed by atoms with E-state index in [0.717, 1.165) is 16.8 Å². The molecule has 0 spiro atoms. The number of ether oxygens (including phenoxy) is 2. The molecule has 0 atom stereocenters. The number of hydrogen-bond acceptors (Lipinski definition) is 4. The van der Waals surface area contributed by atoms with Gasteiger partial charge < -0.3 is 20.1 Å². The molecule has 0 bridgehead atoms. The van der Waals surface area contributed by atoms with Crippen LogP contribution in [0.15, 0.2) is 42.5 Å². The van der Waals surface area contributed by atoms with Crippen molar-refractivity contribution in [2.45, 2.75) is 20.8 Å². The summed E-state index contributed by atoms with van der Waals surface area (Å²) < 4.78 is 10.9. The van der Waals surface area contributed by atoms with Gasteiger partial charge in [-0.25, -0.2) is 0 Å². The van der Waals surface area contributed by atoms with Crippen molar-refractivity contribution in [2.24, 2.45) is 0 Å². The van der Waals surface area contributed by atoms with Crippen LogP contribution in [0, 0.1) is 13.8 Å². The Kier molecular flexibility index (Phi) is 7.29. The van der Waals surface area contributed by atoms with Gasteiger partial charge in [-0.3, -0.25) is 4.79 Å². The SMILES string of the molecule is CCOCCOc1ccccc1NC(=O)CNc1cc(C)ccc1C. The Balaban J connectivity index is 1.90. The van der Waals surface area contributed by atoms with Crippen molar-refractivity contribution in [3.8, 4) is 5.75 Å². The van der Waals surface area contributed by atoms with Crippen LogP contribution in [-0.2, 0) is 9.53 Å². The van der Waals surface area contributed by atoms with E-state index < -0.39 is 0 Å². The average molecular weight is 342 g/mol. The Bertz CT molecular complexity index is 701. The monoisotopic (exact) mass is 342 g/mol. The Morgan fingerprint density at radius 1 is 1.04 bits per heavy atom. The molecule has 0 aliphatic heterocycles. The third kappa shape index (κ3) is 6.12. The minimum atomic E-state index is -0.123. The van der Waals surface area contributed by atoms with Crippen LogP contribution < -0.4 is 15.4 Å². The molecular formula is C20H26N2O3. The molecule has 0 saturated carbocycles. The lowest BCUT2D eigenvalue weighted by molar-refractivity contribution is -0.114. The van der Waals surface area contributed by atoms with Gasteiger partial charge in [-0.05, 0) is 50.1 Å². The van der Waals surface area contributed by atoms with Gasteiger partial charge in [0.1, 0.15) is 12.4 Å². The van der Waals surface area contributed by atoms with E-state index in [4.69, 9.17) is 9.47 Å². The Morgan fingerprint density at radius 2 is 1.84 bits per heavy atom. The first kappa shape index (κ1) is 18.8. The third-order valence-corrected chi connectivity index (χ3v) is 3.68. The second-order valence-corrected chi connectivity index (χ2v) is 5.76. The van der Waals surface area contributed by atoms with Crippen LogP contribution in [0.5, 0.6) is 5.75 Å². The van der Waals surface area contributed by atoms with E-state index in [-0.39, 0.29) is 12.5 Å². The molecule has 2 aromatic carbocycles. The molecule has 0 aliphatic rings. The number of para-hydroxylation sites is 2. The summed E-state index contributed by atoms with van der Waals surface area (Å²) in [5.74, 6) is 0.518. The number of aryl methyl sites for hydroxylation is 2. The van der Waals surface area contributed by atoms with E-state index in [0.29, 0.717) is 31.3 Å². The molecule has 0 fully saturated rings. The molecule has 2 N–H and O–H groups in total. The zero-order chi connectivity index (χ0) is 18.1. The summed E-state index contributed by atoms with van der Waals surface area (Å²) in [6.45, 7) is 7.80. The minimum Gasteiger partial charge on any atom is -0.489 e. The summed E-state index contributed by atoms with van der Waals surface area (Å²) in [5.41, 5.74) is 3.89. The van der Waals surface area contributed by atoms with E-state index in [9.17, 15) is 4.79 Å². The van der Waals surface area contributed by atoms with Crippen LogP contribution in [0.1, 0.15) is 18.1 Å². The summed E-state index contributed by atoms with van der Waals surface area (Å²) in [6.07, 6.45) is 0. The van der Waals surface area contributed by atoms with Crippen LogP contribution >= 0.6 is 0 Å². The third-order valence-electron chi connectivity index (χ3n) is 3.68. The van der Waals surface area contributed by atoms with Crippen molar-refractivity contribution < 1.29 is 14.3 Å². The predicted octanol–water partition coefficient (Wildman–Crippen LogP) is 3.77. The van der Waals surface area contributed by atoms with Crippen LogP contribution in [0.2, 0.25) is 0 Å². The van der Waals surface area contributed by atoms with Crippen molar-refractivity contribution in [3.05, 3.63) is 53.6 Å². The summed E-state index contributed by atoms with van der Waals surface area (Å²) in [7, 11) is 0. The van der Waals surface area contributed by atoms with Crippen molar-refractivity contribution in [1.82, 2.24) is 0 Å². The first-order valence-corrected chi connectivity index (χ1v) is 8.50. The molecule has 0 aliphatic carbocycles. The summed E-state index contributed by atoms with van der Waals surface area (Å²) >= 11 is 0. The van der Waals surface area contributed by atoms with Crippen LogP contribution in [-0.4, -0.2) is 32.3 Å². The number of nitrogens with one attached hydrogen (secondary N) is 2. The highest BCUT2D eigenvalue weighted by Gasteiger charge is 2.08. The molecule has 5 nitrogen and oxygen atoms in total. The fourth-order valence-corrected chi connectivity index (χ4v) is 2.35. The Hall–Kier alpha value is -2.53. The van der Waals surface area contributed by atoms with Gasteiger partial charge in [-0.1, -0.05) is 24.3 Å². The van der Waals surface area contributed by atoms with Gasteiger partial charge >= 0.3 is 0 Å². The molecule has 5 heteroatoms. The smallest absolute Gasteiger partial charge is 0.243 e. The number of carbonyl (C=O) groups is 1. The molecule has 0 unspecified atom stereocenters. The summed E-state index contributed by atoms with van der Waals surface area (Å²) in [4.78, 5) is 12.3. The summed E-state index contributed by atoms with van der Waals surface area (Å²) in [5, 5.41) is 6.07. The lowest BCUT2D eigenvalue weighted by Crippen LogP contribution is -2.22. The number of hydrogen-bond donors (Lipinski definition) is 2. The van der Waals surface area contributed by atoms with E-state index in [2.05, 4.69) is 16.7 Å². The first-order valence-electron chi connectivity index (χ1n) is 8.50. The maximum Gasteiger partial charge on any atom is 0.243 e. The first-order chi connectivity index (χ1) is 12.1. The van der Waals surface area contributed by atoms with Gasteiger partial charge in [0, 0.05) is 12.3 Å². The fourth-order valence-electron chi connectivity index (χ4n) is 2.35. The molecule has 0 saturated heterocycles. The van der Waals surface area contributed by atoms with Crippen LogP contribution in [0.3, 0.4) is 0 Å². The molecule has 0 aromatic heterocycles. The van der Waals surface area contributed by atoms with Crippen molar-refractivity contribution >= 4 is 17.3 Å². The average Bonchev–Trinajstić information content (AvgIpc) is 2.61. The molecule has 25 heavy (non-hydrogen) atoms. The second-order valence-electron chi connectivity index (χ2n) is 5.76. The molecule has 134 valence electrons. The van der Waals surface area contributed by atoms with Gasteiger partial charge in [-0.15, -0.1) is 0 Å². The van der Waals surface area contributed by atoms with Gasteiger partial charge in [0.2, 0.25) is 5.91 Å². The number of amides is 1. The maximum absolute atomic E-state index is 12.3. The van der Waals surface area contributed by atoms with Gasteiger partial charge in [-0.2, -0.15) is 0 Å². The van der Waals surface area contributed by atoms with E-state index >= 15 is 0 Å². The fraction of sp³-hybridized carbons (Fsp3) is 0.350. The summed E-state index contributed by atoms with van der Waals surface area (Å²) in [6, 6.07) is 13.5.